The Kier molecular flexibility index (Phi) is 6.32. The van der Waals surface area contributed by atoms with Gasteiger partial charge in [-0.2, -0.15) is 0 Å². The predicted molar refractivity (Wildman–Crippen MR) is 101 cm³/mol. The van der Waals surface area contributed by atoms with Crippen LogP contribution in [0.25, 0.3) is 6.08 Å². The minimum absolute atomic E-state index is 0.0118. The number of nitrogens with zero attached hydrogens (tertiary/aromatic N) is 1. The molecule has 1 aromatic carbocycles. The fourth-order valence-electron chi connectivity index (χ4n) is 3.28. The molecule has 0 saturated carbocycles. The van der Waals surface area contributed by atoms with Gasteiger partial charge in [0, 0.05) is 26.0 Å². The molecule has 0 radical (unpaired) electrons. The number of hydrogen-bond acceptors (Lipinski definition) is 4. The second-order valence-electron chi connectivity index (χ2n) is 6.61. The van der Waals surface area contributed by atoms with Gasteiger partial charge >= 0.3 is 0 Å². The summed E-state index contributed by atoms with van der Waals surface area (Å²) >= 11 is 0. The van der Waals surface area contributed by atoms with Crippen LogP contribution in [0.1, 0.15) is 34.8 Å². The Morgan fingerprint density at radius 2 is 2.00 bits per heavy atom. The van der Waals surface area contributed by atoms with Gasteiger partial charge in [0.1, 0.15) is 12.4 Å². The molecule has 0 spiro atoms. The number of fused-ring (bicyclic) bond motifs is 1. The van der Waals surface area contributed by atoms with Crippen LogP contribution in [-0.4, -0.2) is 38.3 Å². The van der Waals surface area contributed by atoms with Crippen molar-refractivity contribution < 1.29 is 18.7 Å². The lowest BCUT2D eigenvalue weighted by molar-refractivity contribution is -0.125. The van der Waals surface area contributed by atoms with Crippen LogP contribution in [0.15, 0.2) is 42.1 Å². The molecule has 142 valence electrons. The van der Waals surface area contributed by atoms with Gasteiger partial charge in [-0.15, -0.1) is 0 Å². The second-order valence-corrected chi connectivity index (χ2v) is 6.61. The zero-order valence-electron chi connectivity index (χ0n) is 15.5. The van der Waals surface area contributed by atoms with E-state index in [4.69, 9.17) is 9.47 Å². The van der Waals surface area contributed by atoms with Gasteiger partial charge in [0.05, 0.1) is 18.3 Å². The van der Waals surface area contributed by atoms with Crippen molar-refractivity contribution in [3.05, 3.63) is 70.3 Å². The lowest BCUT2D eigenvalue weighted by Crippen LogP contribution is -2.33. The molecule has 1 heterocycles. The summed E-state index contributed by atoms with van der Waals surface area (Å²) in [6, 6.07) is 8.32. The van der Waals surface area contributed by atoms with E-state index in [9.17, 15) is 9.18 Å². The first kappa shape index (κ1) is 19.2. The predicted octanol–water partition coefficient (Wildman–Crippen LogP) is 3.05. The summed E-state index contributed by atoms with van der Waals surface area (Å²) in [5.74, 6) is -0.421. The average molecular weight is 370 g/mol. The Labute approximate surface area is 158 Å². The van der Waals surface area contributed by atoms with Gasteiger partial charge in [0.2, 0.25) is 5.91 Å². The maximum absolute atomic E-state index is 13.1. The molecule has 5 nitrogen and oxygen atoms in total. The standard InChI is InChI=1S/C21H23FN2O3/c1-26-12-16-9-19-18(20(10-16)24-21(25)13-27-2)8-15(11-23-19)7-14-3-5-17(22)6-4-14/h3-6,8-9,11,20H,7,10,12-13H2,1-2H3,(H,24,25). The maximum Gasteiger partial charge on any atom is 0.246 e. The molecule has 1 aliphatic carbocycles. The molecule has 0 saturated heterocycles. The van der Waals surface area contributed by atoms with Crippen LogP contribution in [0.4, 0.5) is 4.39 Å². The first-order chi connectivity index (χ1) is 13.1. The molecule has 1 unspecified atom stereocenters. The van der Waals surface area contributed by atoms with Gasteiger partial charge in [-0.05, 0) is 53.8 Å². The van der Waals surface area contributed by atoms with Crippen LogP contribution in [0, 0.1) is 5.82 Å². The highest BCUT2D eigenvalue weighted by Crippen LogP contribution is 2.32. The quantitative estimate of drug-likeness (QED) is 0.814. The molecule has 1 aliphatic rings. The van der Waals surface area contributed by atoms with E-state index in [2.05, 4.69) is 16.4 Å². The second kappa shape index (κ2) is 8.88. The van der Waals surface area contributed by atoms with E-state index in [0.29, 0.717) is 19.4 Å². The molecule has 0 fully saturated rings. The lowest BCUT2D eigenvalue weighted by atomic mass is 9.89. The number of ether oxygens (including phenoxy) is 2. The number of carbonyl (C=O) groups is 1. The number of nitrogens with one attached hydrogen (secondary N) is 1. The molecule has 1 atom stereocenters. The highest BCUT2D eigenvalue weighted by Gasteiger charge is 2.24. The van der Waals surface area contributed by atoms with E-state index in [1.54, 1.807) is 19.2 Å². The van der Waals surface area contributed by atoms with Gasteiger partial charge < -0.3 is 14.8 Å². The van der Waals surface area contributed by atoms with Crippen molar-refractivity contribution in [1.82, 2.24) is 10.3 Å². The summed E-state index contributed by atoms with van der Waals surface area (Å²) in [7, 11) is 3.14. The van der Waals surface area contributed by atoms with Crippen LogP contribution >= 0.6 is 0 Å². The van der Waals surface area contributed by atoms with Crippen molar-refractivity contribution in [2.45, 2.75) is 18.9 Å². The smallest absolute Gasteiger partial charge is 0.246 e. The molecule has 1 aromatic heterocycles. The Hall–Kier alpha value is -2.57. The SMILES string of the molecule is COCC(=O)NC1CC(COC)=Cc2ncc(Cc3ccc(F)cc3)cc21. The summed E-state index contributed by atoms with van der Waals surface area (Å²) in [6.07, 6.45) is 5.15. The van der Waals surface area contributed by atoms with E-state index in [-0.39, 0.29) is 24.4 Å². The van der Waals surface area contributed by atoms with E-state index in [0.717, 1.165) is 28.0 Å². The molecule has 3 rings (SSSR count). The van der Waals surface area contributed by atoms with E-state index in [1.807, 2.05) is 12.3 Å². The third-order valence-corrected chi connectivity index (χ3v) is 4.45. The van der Waals surface area contributed by atoms with Crippen molar-refractivity contribution >= 4 is 12.0 Å². The van der Waals surface area contributed by atoms with Crippen LogP contribution in [0.3, 0.4) is 0 Å². The summed E-state index contributed by atoms with van der Waals surface area (Å²) in [5, 5.41) is 3.01. The Balaban J connectivity index is 1.87. The average Bonchev–Trinajstić information content (AvgIpc) is 2.64. The molecule has 27 heavy (non-hydrogen) atoms. The van der Waals surface area contributed by atoms with Crippen molar-refractivity contribution in [3.63, 3.8) is 0 Å². The molecule has 1 amide bonds. The fraction of sp³-hybridized carbons (Fsp3) is 0.333. The number of hydrogen-bond donors (Lipinski definition) is 1. The number of carbonyl (C=O) groups excluding carboxylic acids is 1. The molecule has 0 aliphatic heterocycles. The largest absolute Gasteiger partial charge is 0.380 e. The Bertz CT molecular complexity index is 834. The van der Waals surface area contributed by atoms with Gasteiger partial charge in [0.15, 0.2) is 0 Å². The van der Waals surface area contributed by atoms with Gasteiger partial charge in [0.25, 0.3) is 0 Å². The molecule has 0 bridgehead atoms. The van der Waals surface area contributed by atoms with Crippen LogP contribution < -0.4 is 5.32 Å². The van der Waals surface area contributed by atoms with Gasteiger partial charge in [-0.3, -0.25) is 9.78 Å². The fourth-order valence-corrected chi connectivity index (χ4v) is 3.28. The topological polar surface area (TPSA) is 60.5 Å². The number of halogens is 1. The number of methoxy groups -OCH3 is 2. The summed E-state index contributed by atoms with van der Waals surface area (Å²) in [5.41, 5.74) is 4.89. The number of rotatable bonds is 7. The van der Waals surface area contributed by atoms with Crippen molar-refractivity contribution in [2.75, 3.05) is 27.4 Å². The van der Waals surface area contributed by atoms with Crippen LogP contribution in [-0.2, 0) is 20.7 Å². The number of pyridine rings is 1. The van der Waals surface area contributed by atoms with Crippen molar-refractivity contribution in [1.29, 1.82) is 0 Å². The minimum Gasteiger partial charge on any atom is -0.380 e. The van der Waals surface area contributed by atoms with E-state index in [1.165, 1.54) is 19.2 Å². The zero-order valence-corrected chi connectivity index (χ0v) is 15.5. The third-order valence-electron chi connectivity index (χ3n) is 4.45. The Morgan fingerprint density at radius 1 is 1.22 bits per heavy atom. The lowest BCUT2D eigenvalue weighted by Gasteiger charge is -2.26. The van der Waals surface area contributed by atoms with Crippen molar-refractivity contribution in [3.8, 4) is 0 Å². The number of aromatic nitrogens is 1. The molecule has 6 heteroatoms. The summed E-state index contributed by atoms with van der Waals surface area (Å²) in [6.45, 7) is 0.507. The molecular formula is C21H23FN2O3. The van der Waals surface area contributed by atoms with Crippen molar-refractivity contribution in [2.24, 2.45) is 0 Å². The molecule has 2 aromatic rings. The molecule has 1 N–H and O–H groups in total. The maximum atomic E-state index is 13.1. The first-order valence-electron chi connectivity index (χ1n) is 8.79. The van der Waals surface area contributed by atoms with Crippen LogP contribution in [0.2, 0.25) is 0 Å². The molecular weight excluding hydrogens is 347 g/mol. The monoisotopic (exact) mass is 370 g/mol. The first-order valence-corrected chi connectivity index (χ1v) is 8.79. The summed E-state index contributed by atoms with van der Waals surface area (Å²) < 4.78 is 23.3. The number of benzene rings is 1. The van der Waals surface area contributed by atoms with E-state index >= 15 is 0 Å². The normalized spacial score (nSPS) is 15.8. The Morgan fingerprint density at radius 3 is 2.70 bits per heavy atom. The zero-order chi connectivity index (χ0) is 19.2. The summed E-state index contributed by atoms with van der Waals surface area (Å²) in [4.78, 5) is 16.6. The van der Waals surface area contributed by atoms with Gasteiger partial charge in [-0.1, -0.05) is 12.1 Å². The third kappa shape index (κ3) is 4.99. The highest BCUT2D eigenvalue weighted by atomic mass is 19.1. The van der Waals surface area contributed by atoms with Gasteiger partial charge in [-0.25, -0.2) is 4.39 Å². The van der Waals surface area contributed by atoms with Crippen LogP contribution in [0.5, 0.6) is 0 Å². The highest BCUT2D eigenvalue weighted by molar-refractivity contribution is 5.78. The van der Waals surface area contributed by atoms with E-state index < -0.39 is 0 Å². The number of amides is 1. The minimum atomic E-state index is -0.251.